The molecule has 0 unspecified atom stereocenters. The summed E-state index contributed by atoms with van der Waals surface area (Å²) in [6, 6.07) is 6.09. The molecule has 0 fully saturated rings. The van der Waals surface area contributed by atoms with Crippen molar-refractivity contribution in [2.75, 3.05) is 27.2 Å². The standard InChI is InChI=1S/C19H33FN4O.HI/c1-14(2)24(15(3)4)10-9-22-19(21-5)23-12-16-7-8-18(20)17(11-16)13-25-6;/h7-8,11,14-15H,9-10,12-13H2,1-6H3,(H2,21,22,23);1H. The van der Waals surface area contributed by atoms with E-state index in [1.807, 2.05) is 6.07 Å². The third kappa shape index (κ3) is 8.64. The number of rotatable bonds is 9. The van der Waals surface area contributed by atoms with Gasteiger partial charge in [0.2, 0.25) is 0 Å². The monoisotopic (exact) mass is 480 g/mol. The molecule has 7 heteroatoms. The third-order valence-corrected chi connectivity index (χ3v) is 4.08. The van der Waals surface area contributed by atoms with E-state index in [2.05, 4.69) is 48.2 Å². The van der Waals surface area contributed by atoms with Crippen molar-refractivity contribution in [1.82, 2.24) is 15.5 Å². The molecule has 0 bridgehead atoms. The number of guanidine groups is 1. The van der Waals surface area contributed by atoms with Crippen LogP contribution in [0.5, 0.6) is 0 Å². The Labute approximate surface area is 174 Å². The van der Waals surface area contributed by atoms with Gasteiger partial charge in [0.1, 0.15) is 5.82 Å². The average molecular weight is 480 g/mol. The highest BCUT2D eigenvalue weighted by Gasteiger charge is 2.12. The van der Waals surface area contributed by atoms with Crippen molar-refractivity contribution >= 4 is 29.9 Å². The van der Waals surface area contributed by atoms with E-state index in [-0.39, 0.29) is 36.4 Å². The molecule has 0 atom stereocenters. The van der Waals surface area contributed by atoms with Crippen LogP contribution < -0.4 is 10.6 Å². The minimum absolute atomic E-state index is 0. The fourth-order valence-corrected chi connectivity index (χ4v) is 2.83. The summed E-state index contributed by atoms with van der Waals surface area (Å²) in [6.45, 7) is 11.4. The highest BCUT2D eigenvalue weighted by molar-refractivity contribution is 14.0. The Morgan fingerprint density at radius 2 is 1.85 bits per heavy atom. The number of hydrogen-bond acceptors (Lipinski definition) is 3. The molecule has 26 heavy (non-hydrogen) atoms. The molecular weight excluding hydrogens is 446 g/mol. The minimum Gasteiger partial charge on any atom is -0.380 e. The Balaban J connectivity index is 0.00000625. The van der Waals surface area contributed by atoms with Crippen LogP contribution in [0.15, 0.2) is 23.2 Å². The van der Waals surface area contributed by atoms with Gasteiger partial charge in [-0.25, -0.2) is 4.39 Å². The molecule has 150 valence electrons. The molecule has 5 nitrogen and oxygen atoms in total. The van der Waals surface area contributed by atoms with E-state index in [4.69, 9.17) is 4.74 Å². The number of methoxy groups -OCH3 is 1. The molecule has 0 saturated carbocycles. The van der Waals surface area contributed by atoms with Crippen LogP contribution in [0, 0.1) is 5.82 Å². The summed E-state index contributed by atoms with van der Waals surface area (Å²) in [4.78, 5) is 6.67. The summed E-state index contributed by atoms with van der Waals surface area (Å²) in [7, 11) is 3.31. The largest absolute Gasteiger partial charge is 0.380 e. The van der Waals surface area contributed by atoms with Crippen molar-refractivity contribution in [2.24, 2.45) is 4.99 Å². The minimum atomic E-state index is -0.240. The van der Waals surface area contributed by atoms with Gasteiger partial charge in [-0.1, -0.05) is 6.07 Å². The molecular formula is C19H34FIN4O. The first-order valence-corrected chi connectivity index (χ1v) is 8.85. The van der Waals surface area contributed by atoms with Gasteiger partial charge in [-0.2, -0.15) is 0 Å². The predicted molar refractivity (Wildman–Crippen MR) is 118 cm³/mol. The second-order valence-corrected chi connectivity index (χ2v) is 6.64. The number of nitrogens with zero attached hydrogens (tertiary/aromatic N) is 2. The molecule has 0 saturated heterocycles. The number of aliphatic imine (C=N–C) groups is 1. The van der Waals surface area contributed by atoms with Gasteiger partial charge >= 0.3 is 0 Å². The Kier molecular flexibility index (Phi) is 12.8. The molecule has 1 aromatic carbocycles. The van der Waals surface area contributed by atoms with E-state index >= 15 is 0 Å². The van der Waals surface area contributed by atoms with Crippen molar-refractivity contribution in [3.63, 3.8) is 0 Å². The molecule has 0 radical (unpaired) electrons. The molecule has 0 spiro atoms. The second-order valence-electron chi connectivity index (χ2n) is 6.64. The van der Waals surface area contributed by atoms with Crippen molar-refractivity contribution in [3.05, 3.63) is 35.1 Å². The van der Waals surface area contributed by atoms with Crippen LogP contribution in [-0.4, -0.2) is 50.2 Å². The molecule has 1 aromatic rings. The normalized spacial score (nSPS) is 11.8. The summed E-state index contributed by atoms with van der Waals surface area (Å²) >= 11 is 0. The number of hydrogen-bond donors (Lipinski definition) is 2. The van der Waals surface area contributed by atoms with Crippen molar-refractivity contribution < 1.29 is 9.13 Å². The first-order valence-electron chi connectivity index (χ1n) is 8.85. The Hall–Kier alpha value is -0.930. The van der Waals surface area contributed by atoms with Crippen LogP contribution in [0.3, 0.4) is 0 Å². The smallest absolute Gasteiger partial charge is 0.191 e. The average Bonchev–Trinajstić information content (AvgIpc) is 2.56. The fourth-order valence-electron chi connectivity index (χ4n) is 2.83. The molecule has 0 aliphatic heterocycles. The molecule has 0 aromatic heterocycles. The van der Waals surface area contributed by atoms with E-state index in [1.54, 1.807) is 20.2 Å². The molecule has 0 heterocycles. The highest BCUT2D eigenvalue weighted by atomic mass is 127. The number of benzene rings is 1. The van der Waals surface area contributed by atoms with Gasteiger partial charge < -0.3 is 15.4 Å². The summed E-state index contributed by atoms with van der Waals surface area (Å²) in [5.74, 6) is 0.501. The van der Waals surface area contributed by atoms with E-state index < -0.39 is 0 Å². The maximum absolute atomic E-state index is 13.7. The zero-order chi connectivity index (χ0) is 18.8. The van der Waals surface area contributed by atoms with E-state index in [9.17, 15) is 4.39 Å². The lowest BCUT2D eigenvalue weighted by molar-refractivity contribution is 0.178. The lowest BCUT2D eigenvalue weighted by Gasteiger charge is -2.30. The van der Waals surface area contributed by atoms with Gasteiger partial charge in [0.05, 0.1) is 6.61 Å². The van der Waals surface area contributed by atoms with Crippen molar-refractivity contribution in [2.45, 2.75) is 52.9 Å². The predicted octanol–water partition coefficient (Wildman–Crippen LogP) is 3.37. The first-order chi connectivity index (χ1) is 11.9. The third-order valence-electron chi connectivity index (χ3n) is 4.08. The van der Waals surface area contributed by atoms with Gasteiger partial charge in [-0.15, -0.1) is 24.0 Å². The quantitative estimate of drug-likeness (QED) is 0.323. The van der Waals surface area contributed by atoms with Crippen LogP contribution in [0.1, 0.15) is 38.8 Å². The molecule has 1 rings (SSSR count). The number of halogens is 2. The lowest BCUT2D eigenvalue weighted by atomic mass is 10.1. The van der Waals surface area contributed by atoms with Crippen LogP contribution in [0.4, 0.5) is 4.39 Å². The summed E-state index contributed by atoms with van der Waals surface area (Å²) in [6.07, 6.45) is 0. The van der Waals surface area contributed by atoms with E-state index in [0.717, 1.165) is 24.6 Å². The number of nitrogens with one attached hydrogen (secondary N) is 2. The Morgan fingerprint density at radius 3 is 2.38 bits per heavy atom. The van der Waals surface area contributed by atoms with Gasteiger partial charge in [-0.05, 0) is 45.4 Å². The fraction of sp³-hybridized carbons (Fsp3) is 0.632. The number of ether oxygens (including phenoxy) is 1. The molecule has 0 amide bonds. The molecule has 0 aliphatic rings. The summed E-state index contributed by atoms with van der Waals surface area (Å²) < 4.78 is 18.7. The molecule has 0 aliphatic carbocycles. The molecule has 2 N–H and O–H groups in total. The van der Waals surface area contributed by atoms with Crippen LogP contribution in [-0.2, 0) is 17.9 Å². The highest BCUT2D eigenvalue weighted by Crippen LogP contribution is 2.11. The van der Waals surface area contributed by atoms with E-state index in [1.165, 1.54) is 6.07 Å². The zero-order valence-corrected chi connectivity index (χ0v) is 19.1. The first kappa shape index (κ1) is 25.1. The zero-order valence-electron chi connectivity index (χ0n) is 16.8. The second kappa shape index (κ2) is 13.3. The topological polar surface area (TPSA) is 48.9 Å². The van der Waals surface area contributed by atoms with Gasteiger partial charge in [0, 0.05) is 51.4 Å². The van der Waals surface area contributed by atoms with E-state index in [0.29, 0.717) is 24.2 Å². The van der Waals surface area contributed by atoms with Crippen LogP contribution >= 0.6 is 24.0 Å². The summed E-state index contributed by atoms with van der Waals surface area (Å²) in [5.41, 5.74) is 1.55. The Morgan fingerprint density at radius 1 is 1.19 bits per heavy atom. The van der Waals surface area contributed by atoms with Gasteiger partial charge in [0.25, 0.3) is 0 Å². The maximum Gasteiger partial charge on any atom is 0.191 e. The van der Waals surface area contributed by atoms with Crippen molar-refractivity contribution in [1.29, 1.82) is 0 Å². The van der Waals surface area contributed by atoms with Gasteiger partial charge in [-0.3, -0.25) is 9.89 Å². The van der Waals surface area contributed by atoms with Gasteiger partial charge in [0.15, 0.2) is 5.96 Å². The summed E-state index contributed by atoms with van der Waals surface area (Å²) in [5, 5.41) is 6.59. The van der Waals surface area contributed by atoms with Crippen LogP contribution in [0.25, 0.3) is 0 Å². The van der Waals surface area contributed by atoms with Crippen LogP contribution in [0.2, 0.25) is 0 Å². The van der Waals surface area contributed by atoms with Crippen molar-refractivity contribution in [3.8, 4) is 0 Å². The SMILES string of the molecule is CN=C(NCCN(C(C)C)C(C)C)NCc1ccc(F)c(COC)c1.I. The lowest BCUT2D eigenvalue weighted by Crippen LogP contribution is -2.45. The Bertz CT molecular complexity index is 544. The maximum atomic E-state index is 13.7.